The van der Waals surface area contributed by atoms with Gasteiger partial charge < -0.3 is 9.84 Å². The van der Waals surface area contributed by atoms with E-state index >= 15 is 0 Å². The molecule has 2 rings (SSSR count). The number of hydrogen-bond acceptors (Lipinski definition) is 4. The molecule has 1 heterocycles. The fraction of sp³-hybridized carbons (Fsp3) is 0.529. The number of aromatic nitrogens is 2. The van der Waals surface area contributed by atoms with Crippen molar-refractivity contribution >= 4 is 0 Å². The second-order valence-corrected chi connectivity index (χ2v) is 5.89. The number of nitrogens with one attached hydrogen (secondary N) is 1. The van der Waals surface area contributed by atoms with E-state index in [1.165, 1.54) is 11.1 Å². The van der Waals surface area contributed by atoms with Crippen molar-refractivity contribution in [3.63, 3.8) is 0 Å². The van der Waals surface area contributed by atoms with Crippen LogP contribution < -0.4 is 5.32 Å². The molecule has 0 aliphatic rings. The van der Waals surface area contributed by atoms with E-state index in [1.807, 2.05) is 7.05 Å². The number of likely N-dealkylation sites (N-methyl/N-ethyl adjacent to an activating group) is 1. The van der Waals surface area contributed by atoms with Gasteiger partial charge in [0, 0.05) is 18.9 Å². The molecule has 0 saturated carbocycles. The molecule has 1 unspecified atom stereocenters. The third-order valence-corrected chi connectivity index (χ3v) is 3.77. The van der Waals surface area contributed by atoms with Gasteiger partial charge in [0.05, 0.1) is 0 Å². The minimum absolute atomic E-state index is 0.360. The van der Waals surface area contributed by atoms with Crippen LogP contribution >= 0.6 is 0 Å². The van der Waals surface area contributed by atoms with Crippen LogP contribution in [0.15, 0.2) is 28.8 Å². The topological polar surface area (TPSA) is 51.0 Å². The monoisotopic (exact) mass is 287 g/mol. The van der Waals surface area contributed by atoms with Crippen LogP contribution in [0.1, 0.15) is 49.5 Å². The summed E-state index contributed by atoms with van der Waals surface area (Å²) in [6.07, 6.45) is 2.52. The van der Waals surface area contributed by atoms with Gasteiger partial charge in [-0.3, -0.25) is 0 Å². The van der Waals surface area contributed by atoms with E-state index in [2.05, 4.69) is 60.5 Å². The molecule has 0 fully saturated rings. The zero-order valence-corrected chi connectivity index (χ0v) is 13.4. The van der Waals surface area contributed by atoms with Gasteiger partial charge in [-0.25, -0.2) is 0 Å². The summed E-state index contributed by atoms with van der Waals surface area (Å²) in [4.78, 5) is 4.44. The van der Waals surface area contributed by atoms with Crippen molar-refractivity contribution in [1.29, 1.82) is 0 Å². The summed E-state index contributed by atoms with van der Waals surface area (Å²) in [5, 5.41) is 7.20. The molecule has 0 aliphatic heterocycles. The van der Waals surface area contributed by atoms with Gasteiger partial charge in [-0.1, -0.05) is 43.3 Å². The lowest BCUT2D eigenvalue weighted by molar-refractivity contribution is 0.371. The Labute approximate surface area is 127 Å². The SMILES string of the molecule is CNC(C)Cc1noc(CCc2ccc(C(C)C)cc2)n1. The van der Waals surface area contributed by atoms with Gasteiger partial charge in [0.2, 0.25) is 5.89 Å². The maximum atomic E-state index is 5.30. The Morgan fingerprint density at radius 1 is 1.10 bits per heavy atom. The van der Waals surface area contributed by atoms with Gasteiger partial charge in [-0.05, 0) is 37.4 Å². The molecule has 1 N–H and O–H groups in total. The van der Waals surface area contributed by atoms with E-state index in [0.717, 1.165) is 31.0 Å². The van der Waals surface area contributed by atoms with Crippen LogP contribution in [-0.4, -0.2) is 23.2 Å². The molecule has 1 aromatic carbocycles. The summed E-state index contributed by atoms with van der Waals surface area (Å²) >= 11 is 0. The second-order valence-electron chi connectivity index (χ2n) is 5.89. The summed E-state index contributed by atoms with van der Waals surface area (Å²) in [7, 11) is 1.94. The first-order valence-corrected chi connectivity index (χ1v) is 7.66. The number of aryl methyl sites for hydroxylation is 2. The number of benzene rings is 1. The van der Waals surface area contributed by atoms with Gasteiger partial charge in [-0.15, -0.1) is 0 Å². The molecule has 4 heteroatoms. The standard InChI is InChI=1S/C17H25N3O/c1-12(2)15-8-5-14(6-9-15)7-10-17-19-16(20-21-17)11-13(3)18-4/h5-6,8-9,12-13,18H,7,10-11H2,1-4H3. The lowest BCUT2D eigenvalue weighted by Gasteiger charge is -2.06. The highest BCUT2D eigenvalue weighted by molar-refractivity contribution is 5.25. The van der Waals surface area contributed by atoms with Gasteiger partial charge in [0.1, 0.15) is 0 Å². The van der Waals surface area contributed by atoms with Crippen molar-refractivity contribution in [2.45, 2.75) is 52.0 Å². The normalized spacial score (nSPS) is 12.8. The molecule has 21 heavy (non-hydrogen) atoms. The summed E-state index contributed by atoms with van der Waals surface area (Å²) in [5.41, 5.74) is 2.68. The van der Waals surface area contributed by atoms with Crippen LogP contribution in [0.2, 0.25) is 0 Å². The van der Waals surface area contributed by atoms with Crippen molar-refractivity contribution in [1.82, 2.24) is 15.5 Å². The first-order valence-electron chi connectivity index (χ1n) is 7.66. The van der Waals surface area contributed by atoms with Crippen molar-refractivity contribution in [2.24, 2.45) is 0 Å². The molecule has 0 aliphatic carbocycles. The minimum atomic E-state index is 0.360. The Morgan fingerprint density at radius 3 is 2.43 bits per heavy atom. The van der Waals surface area contributed by atoms with Gasteiger partial charge in [-0.2, -0.15) is 4.98 Å². The van der Waals surface area contributed by atoms with Crippen molar-refractivity contribution in [3.05, 3.63) is 47.1 Å². The summed E-state index contributed by atoms with van der Waals surface area (Å²) < 4.78 is 5.30. The molecule has 0 radical (unpaired) electrons. The van der Waals surface area contributed by atoms with Gasteiger partial charge in [0.25, 0.3) is 0 Å². The van der Waals surface area contributed by atoms with E-state index in [1.54, 1.807) is 0 Å². The molecular formula is C17H25N3O. The molecule has 1 atom stereocenters. The Balaban J connectivity index is 1.88. The fourth-order valence-electron chi connectivity index (χ4n) is 2.17. The second kappa shape index (κ2) is 7.36. The van der Waals surface area contributed by atoms with Crippen LogP contribution in [0.4, 0.5) is 0 Å². The summed E-state index contributed by atoms with van der Waals surface area (Å²) in [6, 6.07) is 9.14. The van der Waals surface area contributed by atoms with Crippen LogP contribution in [0, 0.1) is 0 Å². The smallest absolute Gasteiger partial charge is 0.226 e. The predicted octanol–water partition coefficient (Wildman–Crippen LogP) is 3.13. The maximum Gasteiger partial charge on any atom is 0.226 e. The third kappa shape index (κ3) is 4.67. The van der Waals surface area contributed by atoms with Crippen LogP contribution in [0.25, 0.3) is 0 Å². The van der Waals surface area contributed by atoms with Crippen LogP contribution in [0.5, 0.6) is 0 Å². The van der Waals surface area contributed by atoms with Crippen LogP contribution in [0.3, 0.4) is 0 Å². The zero-order chi connectivity index (χ0) is 15.2. The molecule has 0 bridgehead atoms. The molecule has 0 saturated heterocycles. The Kier molecular flexibility index (Phi) is 5.51. The highest BCUT2D eigenvalue weighted by Gasteiger charge is 2.09. The van der Waals surface area contributed by atoms with Crippen molar-refractivity contribution in [3.8, 4) is 0 Å². The number of hydrogen-bond donors (Lipinski definition) is 1. The van der Waals surface area contributed by atoms with Crippen LogP contribution in [-0.2, 0) is 19.3 Å². The van der Waals surface area contributed by atoms with E-state index in [4.69, 9.17) is 4.52 Å². The fourth-order valence-corrected chi connectivity index (χ4v) is 2.17. The number of rotatable bonds is 7. The highest BCUT2D eigenvalue weighted by atomic mass is 16.5. The predicted molar refractivity (Wildman–Crippen MR) is 84.5 cm³/mol. The molecule has 0 amide bonds. The van der Waals surface area contributed by atoms with Crippen molar-refractivity contribution < 1.29 is 4.52 Å². The largest absolute Gasteiger partial charge is 0.339 e. The van der Waals surface area contributed by atoms with Gasteiger partial charge in [0.15, 0.2) is 5.82 Å². The van der Waals surface area contributed by atoms with Gasteiger partial charge >= 0.3 is 0 Å². The zero-order valence-electron chi connectivity index (χ0n) is 13.4. The first-order chi connectivity index (χ1) is 10.1. The van der Waals surface area contributed by atoms with Crippen molar-refractivity contribution in [2.75, 3.05) is 7.05 Å². The quantitative estimate of drug-likeness (QED) is 0.850. The number of nitrogens with zero attached hydrogens (tertiary/aromatic N) is 2. The minimum Gasteiger partial charge on any atom is -0.339 e. The highest BCUT2D eigenvalue weighted by Crippen LogP contribution is 2.15. The first kappa shape index (κ1) is 15.7. The molecule has 114 valence electrons. The average Bonchev–Trinajstić information content (AvgIpc) is 2.93. The lowest BCUT2D eigenvalue weighted by atomic mass is 10.0. The molecule has 0 spiro atoms. The molecule has 2 aromatic rings. The summed E-state index contributed by atoms with van der Waals surface area (Å²) in [6.45, 7) is 6.52. The summed E-state index contributed by atoms with van der Waals surface area (Å²) in [5.74, 6) is 2.08. The third-order valence-electron chi connectivity index (χ3n) is 3.77. The Morgan fingerprint density at radius 2 is 1.81 bits per heavy atom. The molecule has 4 nitrogen and oxygen atoms in total. The maximum absolute atomic E-state index is 5.30. The van der Waals surface area contributed by atoms with E-state index in [-0.39, 0.29) is 0 Å². The average molecular weight is 287 g/mol. The Bertz CT molecular complexity index is 545. The van der Waals surface area contributed by atoms with E-state index in [0.29, 0.717) is 12.0 Å². The molecule has 1 aromatic heterocycles. The molecular weight excluding hydrogens is 262 g/mol. The van der Waals surface area contributed by atoms with E-state index < -0.39 is 0 Å². The Hall–Kier alpha value is -1.68. The van der Waals surface area contributed by atoms with E-state index in [9.17, 15) is 0 Å². The lowest BCUT2D eigenvalue weighted by Crippen LogP contribution is -2.24.